The van der Waals surface area contributed by atoms with Gasteiger partial charge in [-0.25, -0.2) is 9.37 Å². The first-order valence-corrected chi connectivity index (χ1v) is 12.6. The van der Waals surface area contributed by atoms with Gasteiger partial charge in [0.05, 0.1) is 17.3 Å². The Balaban J connectivity index is 1.74. The maximum absolute atomic E-state index is 13.4. The van der Waals surface area contributed by atoms with Crippen molar-refractivity contribution in [3.8, 4) is 11.5 Å². The highest BCUT2D eigenvalue weighted by atomic mass is 35.5. The van der Waals surface area contributed by atoms with Gasteiger partial charge in [0.15, 0.2) is 18.2 Å². The van der Waals surface area contributed by atoms with Crippen LogP contribution in [0, 0.1) is 5.82 Å². The second kappa shape index (κ2) is 11.1. The summed E-state index contributed by atoms with van der Waals surface area (Å²) in [5.41, 5.74) is 0. The second-order valence-corrected chi connectivity index (χ2v) is 10.3. The summed E-state index contributed by atoms with van der Waals surface area (Å²) in [7, 11) is -9.92. The number of aliphatic hydroxyl groups is 1. The Hall–Kier alpha value is -3.17. The molecule has 0 aliphatic heterocycles. The Kier molecular flexibility index (Phi) is 8.99. The second-order valence-electron chi connectivity index (χ2n) is 7.56. The fourth-order valence-electron chi connectivity index (χ4n) is 2.67. The SMILES string of the molecule is C=CC(C[C@H](O)CNC(=O)COc1ccc(Cl)c(F)c1)NC(=O)COc1ccc(S(F)(F)(F)(F)F)nc1. The molecule has 206 valence electrons. The van der Waals surface area contributed by atoms with Crippen molar-refractivity contribution in [3.63, 3.8) is 0 Å². The molecule has 1 unspecified atom stereocenters. The lowest BCUT2D eigenvalue weighted by molar-refractivity contribution is -0.124. The van der Waals surface area contributed by atoms with Gasteiger partial charge in [0, 0.05) is 18.7 Å². The van der Waals surface area contributed by atoms with Crippen LogP contribution in [0.3, 0.4) is 0 Å². The van der Waals surface area contributed by atoms with Gasteiger partial charge in [-0.15, -0.1) is 6.58 Å². The van der Waals surface area contributed by atoms with E-state index in [1.165, 1.54) is 18.2 Å². The minimum Gasteiger partial charge on any atom is -0.484 e. The van der Waals surface area contributed by atoms with Gasteiger partial charge in [0.25, 0.3) is 11.8 Å². The Labute approximate surface area is 212 Å². The van der Waals surface area contributed by atoms with Gasteiger partial charge in [-0.3, -0.25) is 9.59 Å². The maximum atomic E-state index is 13.4. The lowest BCUT2D eigenvalue weighted by atomic mass is 10.1. The number of hydrogen-bond donors (Lipinski definition) is 3. The van der Waals surface area contributed by atoms with Crippen LogP contribution >= 0.6 is 21.8 Å². The summed E-state index contributed by atoms with van der Waals surface area (Å²) in [6.07, 6.45) is 0.473. The number of amides is 2. The van der Waals surface area contributed by atoms with Gasteiger partial charge in [-0.05, 0) is 30.7 Å². The molecule has 0 fully saturated rings. The zero-order valence-electron chi connectivity index (χ0n) is 18.8. The highest BCUT2D eigenvalue weighted by Crippen LogP contribution is 3.01. The first-order chi connectivity index (χ1) is 17.0. The van der Waals surface area contributed by atoms with Crippen molar-refractivity contribution in [3.05, 3.63) is 60.0 Å². The van der Waals surface area contributed by atoms with E-state index >= 15 is 0 Å². The molecule has 0 spiro atoms. The predicted octanol–water partition coefficient (Wildman–Crippen LogP) is 4.53. The average Bonchev–Trinajstić information content (AvgIpc) is 2.80. The topological polar surface area (TPSA) is 110 Å². The van der Waals surface area contributed by atoms with Gasteiger partial charge in [0.1, 0.15) is 17.3 Å². The number of halogens is 7. The number of pyridine rings is 1. The number of aromatic nitrogens is 1. The standard InChI is InChI=1S/C21H22ClF6N3O5S/c1-2-13(7-14(32)9-29-19(33)11-35-15-3-5-17(22)18(23)8-15)31-20(34)12-36-16-4-6-21(30-10-16)37(24,25,26,27)28/h2-6,8,10,13-14,32H,1,7,9,11-12H2,(H,29,33)(H,31,34)/t13?,14-/m0/s1. The summed E-state index contributed by atoms with van der Waals surface area (Å²) in [6.45, 7) is 2.12. The molecule has 1 aromatic carbocycles. The molecule has 0 saturated carbocycles. The van der Waals surface area contributed by atoms with Crippen molar-refractivity contribution < 1.29 is 48.0 Å². The molecule has 0 saturated heterocycles. The summed E-state index contributed by atoms with van der Waals surface area (Å²) in [6, 6.07) is 3.47. The number of carbonyl (C=O) groups is 2. The van der Waals surface area contributed by atoms with E-state index in [1.54, 1.807) is 0 Å². The quantitative estimate of drug-likeness (QED) is 0.238. The molecule has 37 heavy (non-hydrogen) atoms. The smallest absolute Gasteiger partial charge is 0.325 e. The van der Waals surface area contributed by atoms with Gasteiger partial charge in [-0.1, -0.05) is 37.1 Å². The van der Waals surface area contributed by atoms with Crippen LogP contribution < -0.4 is 20.1 Å². The normalized spacial score (nSPS) is 14.9. The Morgan fingerprint density at radius 2 is 1.70 bits per heavy atom. The van der Waals surface area contributed by atoms with Gasteiger partial charge < -0.3 is 25.2 Å². The molecule has 1 aromatic heterocycles. The van der Waals surface area contributed by atoms with E-state index in [4.69, 9.17) is 21.1 Å². The lowest BCUT2D eigenvalue weighted by Crippen LogP contribution is -2.42. The summed E-state index contributed by atoms with van der Waals surface area (Å²) < 4.78 is 86.8. The third-order valence-electron chi connectivity index (χ3n) is 4.43. The van der Waals surface area contributed by atoms with Crippen LogP contribution in [0.5, 0.6) is 11.5 Å². The number of benzene rings is 1. The molecule has 3 N–H and O–H groups in total. The average molecular weight is 578 g/mol. The number of nitrogens with one attached hydrogen (secondary N) is 2. The summed E-state index contributed by atoms with van der Waals surface area (Å²) in [4.78, 5) is 26.5. The third kappa shape index (κ3) is 10.4. The fraction of sp³-hybridized carbons (Fsp3) is 0.286. The monoisotopic (exact) mass is 577 g/mol. The van der Waals surface area contributed by atoms with Gasteiger partial charge >= 0.3 is 10.2 Å². The van der Waals surface area contributed by atoms with E-state index in [2.05, 4.69) is 22.2 Å². The molecule has 0 aliphatic rings. The number of carbonyl (C=O) groups excluding carboxylic acids is 2. The van der Waals surface area contributed by atoms with Crippen molar-refractivity contribution in [2.45, 2.75) is 23.6 Å². The van der Waals surface area contributed by atoms with Crippen molar-refractivity contribution >= 4 is 33.6 Å². The van der Waals surface area contributed by atoms with Crippen LogP contribution in [0.1, 0.15) is 6.42 Å². The number of nitrogens with zero attached hydrogens (tertiary/aromatic N) is 1. The zero-order valence-corrected chi connectivity index (χ0v) is 20.4. The minimum atomic E-state index is -9.92. The Morgan fingerprint density at radius 1 is 1.08 bits per heavy atom. The summed E-state index contributed by atoms with van der Waals surface area (Å²) in [5.74, 6) is -2.39. The first kappa shape index (κ1) is 30.1. The Bertz CT molecular complexity index is 1140. The Morgan fingerprint density at radius 3 is 2.27 bits per heavy atom. The molecular formula is C21H22ClF6N3O5S. The zero-order chi connectivity index (χ0) is 27.9. The molecule has 2 rings (SSSR count). The third-order valence-corrected chi connectivity index (χ3v) is 5.77. The molecule has 2 aromatic rings. The first-order valence-electron chi connectivity index (χ1n) is 10.2. The van der Waals surface area contributed by atoms with Gasteiger partial charge in [-0.2, -0.15) is 0 Å². The molecule has 16 heteroatoms. The van der Waals surface area contributed by atoms with Gasteiger partial charge in [0.2, 0.25) is 0 Å². The van der Waals surface area contributed by atoms with Crippen LogP contribution in [-0.4, -0.2) is 53.8 Å². The largest absolute Gasteiger partial charge is 0.484 e. The van der Waals surface area contributed by atoms with Crippen LogP contribution in [0.15, 0.2) is 54.2 Å². The molecule has 0 radical (unpaired) electrons. The molecule has 2 atom stereocenters. The molecule has 2 amide bonds. The van der Waals surface area contributed by atoms with Crippen LogP contribution in [0.25, 0.3) is 0 Å². The number of aliphatic hydroxyl groups excluding tert-OH is 1. The highest BCUT2D eigenvalue weighted by molar-refractivity contribution is 8.45. The molecule has 1 heterocycles. The molecular weight excluding hydrogens is 556 g/mol. The van der Waals surface area contributed by atoms with E-state index in [-0.39, 0.29) is 35.6 Å². The summed E-state index contributed by atoms with van der Waals surface area (Å²) >= 11 is 5.55. The van der Waals surface area contributed by atoms with E-state index in [1.807, 2.05) is 0 Å². The molecule has 0 aliphatic carbocycles. The minimum absolute atomic E-state index is 0.0464. The van der Waals surface area contributed by atoms with Crippen LogP contribution in [0.2, 0.25) is 5.02 Å². The lowest BCUT2D eigenvalue weighted by Gasteiger charge is -2.39. The fourth-order valence-corrected chi connectivity index (χ4v) is 3.36. The van der Waals surface area contributed by atoms with Crippen LogP contribution in [0.4, 0.5) is 23.8 Å². The number of hydrogen-bond acceptors (Lipinski definition) is 6. The predicted molar refractivity (Wildman–Crippen MR) is 124 cm³/mol. The van der Waals surface area contributed by atoms with E-state index in [0.717, 1.165) is 6.07 Å². The maximum Gasteiger partial charge on any atom is 0.325 e. The number of ether oxygens (including phenoxy) is 2. The van der Waals surface area contributed by atoms with E-state index < -0.39 is 58.2 Å². The van der Waals surface area contributed by atoms with Crippen LogP contribution in [-0.2, 0) is 9.59 Å². The molecule has 8 nitrogen and oxygen atoms in total. The van der Waals surface area contributed by atoms with Crippen molar-refractivity contribution in [2.75, 3.05) is 19.8 Å². The summed E-state index contributed by atoms with van der Waals surface area (Å²) in [5, 5.41) is 12.5. The van der Waals surface area contributed by atoms with E-state index in [9.17, 15) is 38.5 Å². The van der Waals surface area contributed by atoms with E-state index in [0.29, 0.717) is 12.3 Å². The molecule has 0 bridgehead atoms. The highest BCUT2D eigenvalue weighted by Gasteiger charge is 2.67. The number of rotatable bonds is 13. The van der Waals surface area contributed by atoms with Crippen molar-refractivity contribution in [1.82, 2.24) is 15.6 Å². The van der Waals surface area contributed by atoms with Crippen molar-refractivity contribution in [1.29, 1.82) is 0 Å². The van der Waals surface area contributed by atoms with Crippen molar-refractivity contribution in [2.24, 2.45) is 0 Å².